The molecule has 1 atom stereocenters. The Bertz CT molecular complexity index is 362. The number of likely N-dealkylation sites (N-methyl/N-ethyl adjacent to an activating group) is 1. The molecule has 0 rings (SSSR count). The molecule has 16 heavy (non-hydrogen) atoms. The molecule has 0 saturated heterocycles. The molecule has 0 spiro atoms. The minimum absolute atomic E-state index is 0.0615. The number of carbonyl (C=O) groups excluding carboxylic acids is 1. The van der Waals surface area contributed by atoms with Crippen LogP contribution < -0.4 is 0 Å². The first-order chi connectivity index (χ1) is 7.21. The van der Waals surface area contributed by atoms with Crippen LogP contribution in [0.25, 0.3) is 0 Å². The Kier molecular flexibility index (Phi) is 5.43. The van der Waals surface area contributed by atoms with Gasteiger partial charge in [-0.3, -0.25) is 4.79 Å². The molecule has 1 unspecified atom stereocenters. The van der Waals surface area contributed by atoms with Gasteiger partial charge in [-0.25, -0.2) is 13.2 Å². The van der Waals surface area contributed by atoms with Crippen LogP contribution >= 0.6 is 0 Å². The van der Waals surface area contributed by atoms with E-state index in [1.54, 1.807) is 6.92 Å². The average Bonchev–Trinajstić information content (AvgIpc) is 2.14. The van der Waals surface area contributed by atoms with Crippen molar-refractivity contribution >= 4 is 21.7 Å². The van der Waals surface area contributed by atoms with Gasteiger partial charge >= 0.3 is 5.97 Å². The Morgan fingerprint density at radius 1 is 1.38 bits per heavy atom. The Morgan fingerprint density at radius 3 is 2.25 bits per heavy atom. The molecule has 6 nitrogen and oxygen atoms in total. The number of nitrogens with zero attached hydrogens (tertiary/aromatic N) is 1. The van der Waals surface area contributed by atoms with Crippen LogP contribution in [-0.2, 0) is 19.4 Å². The smallest absolute Gasteiger partial charge is 0.326 e. The molecule has 7 heteroatoms. The van der Waals surface area contributed by atoms with E-state index in [0.29, 0.717) is 6.42 Å². The van der Waals surface area contributed by atoms with Crippen molar-refractivity contribution < 1.29 is 23.1 Å². The van der Waals surface area contributed by atoms with Crippen molar-refractivity contribution in [3.63, 3.8) is 0 Å². The van der Waals surface area contributed by atoms with E-state index in [-0.39, 0.29) is 5.75 Å². The highest BCUT2D eigenvalue weighted by atomic mass is 32.2. The second-order valence-corrected chi connectivity index (χ2v) is 5.79. The zero-order valence-corrected chi connectivity index (χ0v) is 10.5. The third kappa shape index (κ3) is 4.61. The van der Waals surface area contributed by atoms with Gasteiger partial charge in [0, 0.05) is 7.05 Å². The summed E-state index contributed by atoms with van der Waals surface area (Å²) in [5.41, 5.74) is 0. The second-order valence-electron chi connectivity index (χ2n) is 3.61. The topological polar surface area (TPSA) is 91.8 Å². The summed E-state index contributed by atoms with van der Waals surface area (Å²) >= 11 is 0. The predicted molar refractivity (Wildman–Crippen MR) is 58.8 cm³/mol. The molecular weight excluding hydrogens is 234 g/mol. The Balaban J connectivity index is 4.54. The Hall–Kier alpha value is -1.11. The van der Waals surface area contributed by atoms with Crippen LogP contribution in [0.2, 0.25) is 0 Å². The maximum Gasteiger partial charge on any atom is 0.326 e. The minimum Gasteiger partial charge on any atom is -0.480 e. The van der Waals surface area contributed by atoms with Gasteiger partial charge in [0.25, 0.3) is 0 Å². The molecule has 0 radical (unpaired) electrons. The number of sulfone groups is 1. The van der Waals surface area contributed by atoms with Crippen molar-refractivity contribution in [2.24, 2.45) is 0 Å². The van der Waals surface area contributed by atoms with Crippen LogP contribution in [0.4, 0.5) is 0 Å². The standard InChI is InChI=1S/C9H17NO5S/c1-4-5-16(14,15)6-8(11)10(3)7(2)9(12)13/h7H,4-6H2,1-3H3,(H,12,13). The molecule has 0 saturated carbocycles. The third-order valence-electron chi connectivity index (χ3n) is 2.19. The lowest BCUT2D eigenvalue weighted by molar-refractivity contribution is -0.147. The molecule has 0 aromatic heterocycles. The van der Waals surface area contributed by atoms with Gasteiger partial charge in [-0.05, 0) is 13.3 Å². The van der Waals surface area contributed by atoms with Gasteiger partial charge in [-0.15, -0.1) is 0 Å². The normalized spacial score (nSPS) is 13.2. The van der Waals surface area contributed by atoms with Crippen LogP contribution in [0, 0.1) is 0 Å². The summed E-state index contributed by atoms with van der Waals surface area (Å²) in [5, 5.41) is 8.66. The first kappa shape index (κ1) is 14.9. The highest BCUT2D eigenvalue weighted by Gasteiger charge is 2.25. The zero-order valence-electron chi connectivity index (χ0n) is 9.63. The molecule has 94 valence electrons. The number of hydrogen-bond acceptors (Lipinski definition) is 4. The quantitative estimate of drug-likeness (QED) is 0.702. The number of carboxylic acids is 1. The molecule has 0 heterocycles. The van der Waals surface area contributed by atoms with E-state index in [1.807, 2.05) is 0 Å². The lowest BCUT2D eigenvalue weighted by atomic mass is 10.3. The zero-order chi connectivity index (χ0) is 12.9. The highest BCUT2D eigenvalue weighted by Crippen LogP contribution is 2.01. The number of carboxylic acid groups (broad SMARTS) is 1. The first-order valence-electron chi connectivity index (χ1n) is 4.90. The maximum absolute atomic E-state index is 11.5. The molecule has 0 aliphatic heterocycles. The molecule has 1 N–H and O–H groups in total. The van der Waals surface area contributed by atoms with Gasteiger partial charge in [0.1, 0.15) is 11.8 Å². The van der Waals surface area contributed by atoms with E-state index in [1.165, 1.54) is 14.0 Å². The van der Waals surface area contributed by atoms with Crippen LogP contribution in [0.5, 0.6) is 0 Å². The largest absolute Gasteiger partial charge is 0.480 e. The highest BCUT2D eigenvalue weighted by molar-refractivity contribution is 7.92. The van der Waals surface area contributed by atoms with Crippen molar-refractivity contribution in [3.8, 4) is 0 Å². The summed E-state index contributed by atoms with van der Waals surface area (Å²) in [6, 6.07) is -1.02. The number of amides is 1. The number of carbonyl (C=O) groups is 2. The van der Waals surface area contributed by atoms with Crippen molar-refractivity contribution in [2.45, 2.75) is 26.3 Å². The van der Waals surface area contributed by atoms with Crippen molar-refractivity contribution in [1.29, 1.82) is 0 Å². The second kappa shape index (κ2) is 5.83. The van der Waals surface area contributed by atoms with Gasteiger partial charge in [0.2, 0.25) is 5.91 Å². The monoisotopic (exact) mass is 251 g/mol. The summed E-state index contributed by atoms with van der Waals surface area (Å²) in [5.74, 6) is -2.55. The molecule has 0 aromatic rings. The summed E-state index contributed by atoms with van der Waals surface area (Å²) in [7, 11) is -2.14. The van der Waals surface area contributed by atoms with E-state index < -0.39 is 33.5 Å². The number of rotatable bonds is 6. The van der Waals surface area contributed by atoms with E-state index in [2.05, 4.69) is 0 Å². The lowest BCUT2D eigenvalue weighted by Crippen LogP contribution is -2.43. The van der Waals surface area contributed by atoms with Gasteiger partial charge in [0.15, 0.2) is 9.84 Å². The Morgan fingerprint density at radius 2 is 1.88 bits per heavy atom. The fourth-order valence-electron chi connectivity index (χ4n) is 1.05. The van der Waals surface area contributed by atoms with Crippen LogP contribution in [0.1, 0.15) is 20.3 Å². The minimum atomic E-state index is -3.42. The average molecular weight is 251 g/mol. The summed E-state index contributed by atoms with van der Waals surface area (Å²) in [6.45, 7) is 3.03. The Labute approximate surface area is 95.2 Å². The van der Waals surface area contributed by atoms with Crippen molar-refractivity contribution in [1.82, 2.24) is 4.90 Å². The lowest BCUT2D eigenvalue weighted by Gasteiger charge is -2.21. The number of aliphatic carboxylic acids is 1. The molecule has 0 fully saturated rings. The molecule has 0 aliphatic carbocycles. The molecule has 0 bridgehead atoms. The third-order valence-corrected chi connectivity index (χ3v) is 3.91. The van der Waals surface area contributed by atoms with Crippen LogP contribution in [0.15, 0.2) is 0 Å². The van der Waals surface area contributed by atoms with Crippen molar-refractivity contribution in [3.05, 3.63) is 0 Å². The van der Waals surface area contributed by atoms with Gasteiger partial charge in [-0.2, -0.15) is 0 Å². The van der Waals surface area contributed by atoms with E-state index in [9.17, 15) is 18.0 Å². The maximum atomic E-state index is 11.5. The van der Waals surface area contributed by atoms with Gasteiger partial charge in [0.05, 0.1) is 5.75 Å². The first-order valence-corrected chi connectivity index (χ1v) is 6.72. The molecule has 1 amide bonds. The van der Waals surface area contributed by atoms with E-state index in [4.69, 9.17) is 5.11 Å². The summed E-state index contributed by atoms with van der Waals surface area (Å²) < 4.78 is 22.7. The SMILES string of the molecule is CCCS(=O)(=O)CC(=O)N(C)C(C)C(=O)O. The summed E-state index contributed by atoms with van der Waals surface area (Å²) in [4.78, 5) is 23.0. The van der Waals surface area contributed by atoms with E-state index in [0.717, 1.165) is 4.90 Å². The molecular formula is C9H17NO5S. The van der Waals surface area contributed by atoms with E-state index >= 15 is 0 Å². The number of hydrogen-bond donors (Lipinski definition) is 1. The fourth-order valence-corrected chi connectivity index (χ4v) is 2.40. The van der Waals surface area contributed by atoms with Gasteiger partial charge < -0.3 is 10.0 Å². The van der Waals surface area contributed by atoms with Crippen LogP contribution in [0.3, 0.4) is 0 Å². The summed E-state index contributed by atoms with van der Waals surface area (Å²) in [6.07, 6.45) is 0.438. The predicted octanol–water partition coefficient (Wildman–Crippen LogP) is -0.257. The van der Waals surface area contributed by atoms with Gasteiger partial charge in [-0.1, -0.05) is 6.92 Å². The fraction of sp³-hybridized carbons (Fsp3) is 0.778. The van der Waals surface area contributed by atoms with Crippen LogP contribution in [-0.4, -0.2) is 54.9 Å². The molecule has 0 aromatic carbocycles. The molecule has 0 aliphatic rings. The van der Waals surface area contributed by atoms with Crippen molar-refractivity contribution in [2.75, 3.05) is 18.6 Å².